The number of carbonyl (C=O) groups excluding carboxylic acids is 1. The lowest BCUT2D eigenvalue weighted by Gasteiger charge is -2.05. The van der Waals surface area contributed by atoms with Gasteiger partial charge in [0.2, 0.25) is 0 Å². The molecule has 0 heterocycles. The van der Waals surface area contributed by atoms with Crippen LogP contribution >= 0.6 is 10.7 Å². The number of hydrogen-bond acceptors (Lipinski definition) is 3. The first kappa shape index (κ1) is 9.99. The molecule has 0 spiro atoms. The van der Waals surface area contributed by atoms with E-state index in [1.807, 2.05) is 0 Å². The summed E-state index contributed by atoms with van der Waals surface area (Å²) >= 11 is 0. The molecule has 0 aromatic carbocycles. The molecule has 0 bridgehead atoms. The molecule has 0 saturated heterocycles. The lowest BCUT2D eigenvalue weighted by Crippen LogP contribution is -2.14. The van der Waals surface area contributed by atoms with E-state index >= 15 is 0 Å². The van der Waals surface area contributed by atoms with Gasteiger partial charge in [-0.3, -0.25) is 4.79 Å². The molecule has 70 valence electrons. The standard InChI is InChI=1S/C7H11ClO3S/c1-11-7(9)5-2-3-6(4-5)12(8)10/h5-6H,2-4H2,1H3/t5-,6+,12?/m1/s1. The van der Waals surface area contributed by atoms with E-state index in [9.17, 15) is 9.00 Å². The van der Waals surface area contributed by atoms with Crippen LogP contribution in [0.25, 0.3) is 0 Å². The lowest BCUT2D eigenvalue weighted by atomic mass is 10.1. The maximum Gasteiger partial charge on any atom is 0.308 e. The second-order valence-electron chi connectivity index (χ2n) is 2.90. The molecule has 0 aromatic rings. The summed E-state index contributed by atoms with van der Waals surface area (Å²) in [6.07, 6.45) is 2.11. The third-order valence-electron chi connectivity index (χ3n) is 2.18. The molecule has 1 saturated carbocycles. The summed E-state index contributed by atoms with van der Waals surface area (Å²) in [5, 5.41) is -0.0317. The van der Waals surface area contributed by atoms with E-state index in [2.05, 4.69) is 4.74 Å². The summed E-state index contributed by atoms with van der Waals surface area (Å²) < 4.78 is 15.4. The molecule has 1 fully saturated rings. The van der Waals surface area contributed by atoms with Crippen molar-refractivity contribution in [2.45, 2.75) is 24.5 Å². The zero-order valence-corrected chi connectivity index (χ0v) is 8.36. The molecule has 3 nitrogen and oxygen atoms in total. The zero-order valence-electron chi connectivity index (χ0n) is 6.79. The Morgan fingerprint density at radius 2 is 2.25 bits per heavy atom. The van der Waals surface area contributed by atoms with E-state index in [1.54, 1.807) is 0 Å². The van der Waals surface area contributed by atoms with Gasteiger partial charge in [0.15, 0.2) is 0 Å². The Labute approximate surface area is 78.4 Å². The molecule has 3 atom stereocenters. The van der Waals surface area contributed by atoms with Gasteiger partial charge in [-0.25, -0.2) is 4.21 Å². The number of methoxy groups -OCH3 is 1. The van der Waals surface area contributed by atoms with Gasteiger partial charge in [-0.1, -0.05) is 0 Å². The van der Waals surface area contributed by atoms with Gasteiger partial charge in [0.05, 0.1) is 18.3 Å². The van der Waals surface area contributed by atoms with Crippen molar-refractivity contribution in [3.05, 3.63) is 0 Å². The summed E-state index contributed by atoms with van der Waals surface area (Å²) in [6, 6.07) is 0. The van der Waals surface area contributed by atoms with Crippen LogP contribution in [0.15, 0.2) is 0 Å². The fraction of sp³-hybridized carbons (Fsp3) is 0.857. The number of esters is 1. The molecular formula is C7H11ClO3S. The van der Waals surface area contributed by atoms with Crippen LogP contribution in [0.4, 0.5) is 0 Å². The Morgan fingerprint density at radius 3 is 2.67 bits per heavy atom. The molecule has 5 heteroatoms. The fourth-order valence-electron chi connectivity index (χ4n) is 1.49. The van der Waals surface area contributed by atoms with Crippen molar-refractivity contribution >= 4 is 26.7 Å². The van der Waals surface area contributed by atoms with Gasteiger partial charge in [0.1, 0.15) is 10.0 Å². The summed E-state index contributed by atoms with van der Waals surface area (Å²) in [5.74, 6) is -0.303. The van der Waals surface area contributed by atoms with Crippen molar-refractivity contribution < 1.29 is 13.7 Å². The van der Waals surface area contributed by atoms with Crippen LogP contribution in [0.2, 0.25) is 0 Å². The molecule has 0 aliphatic heterocycles. The Kier molecular flexibility index (Phi) is 3.53. The van der Waals surface area contributed by atoms with Crippen LogP contribution in [0.3, 0.4) is 0 Å². The summed E-state index contributed by atoms with van der Waals surface area (Å²) in [6.45, 7) is 0. The molecule has 1 rings (SSSR count). The third kappa shape index (κ3) is 2.20. The molecule has 1 unspecified atom stereocenters. The number of rotatable bonds is 2. The van der Waals surface area contributed by atoms with Crippen LogP contribution in [-0.4, -0.2) is 22.5 Å². The van der Waals surface area contributed by atoms with Crippen molar-refractivity contribution in [2.24, 2.45) is 5.92 Å². The van der Waals surface area contributed by atoms with Crippen molar-refractivity contribution in [3.8, 4) is 0 Å². The van der Waals surface area contributed by atoms with E-state index in [4.69, 9.17) is 10.7 Å². The Morgan fingerprint density at radius 1 is 1.58 bits per heavy atom. The molecule has 1 aliphatic rings. The van der Waals surface area contributed by atoms with Crippen molar-refractivity contribution in [1.82, 2.24) is 0 Å². The largest absolute Gasteiger partial charge is 0.469 e. The smallest absolute Gasteiger partial charge is 0.308 e. The van der Waals surface area contributed by atoms with E-state index in [0.29, 0.717) is 6.42 Å². The van der Waals surface area contributed by atoms with Gasteiger partial charge in [-0.15, -0.1) is 0 Å². The summed E-state index contributed by atoms with van der Waals surface area (Å²) in [5.41, 5.74) is 0. The predicted octanol–water partition coefficient (Wildman–Crippen LogP) is 1.23. The highest BCUT2D eigenvalue weighted by Crippen LogP contribution is 2.30. The molecular weight excluding hydrogens is 200 g/mol. The minimum absolute atomic E-state index is 0.0317. The summed E-state index contributed by atoms with van der Waals surface area (Å²) in [7, 11) is 5.47. The predicted molar refractivity (Wildman–Crippen MR) is 47.1 cm³/mol. The lowest BCUT2D eigenvalue weighted by molar-refractivity contribution is -0.145. The van der Waals surface area contributed by atoms with Gasteiger partial charge >= 0.3 is 5.97 Å². The maximum absolute atomic E-state index is 11.0. The normalized spacial score (nSPS) is 31.5. The molecule has 1 aliphatic carbocycles. The van der Waals surface area contributed by atoms with Crippen molar-refractivity contribution in [2.75, 3.05) is 7.11 Å². The highest BCUT2D eigenvalue weighted by Gasteiger charge is 2.33. The highest BCUT2D eigenvalue weighted by molar-refractivity contribution is 8.08. The number of ether oxygens (including phenoxy) is 1. The first-order valence-corrected chi connectivity index (χ1v) is 5.83. The minimum atomic E-state index is -1.32. The molecule has 0 radical (unpaired) electrons. The topological polar surface area (TPSA) is 43.4 Å². The van der Waals surface area contributed by atoms with Crippen LogP contribution < -0.4 is 0 Å². The summed E-state index contributed by atoms with van der Waals surface area (Å²) in [4.78, 5) is 11.0. The van der Waals surface area contributed by atoms with Crippen LogP contribution in [0.5, 0.6) is 0 Å². The highest BCUT2D eigenvalue weighted by atomic mass is 35.7. The molecule has 12 heavy (non-hydrogen) atoms. The average Bonchev–Trinajstić information content (AvgIpc) is 2.51. The second-order valence-corrected chi connectivity index (χ2v) is 4.98. The SMILES string of the molecule is COC(=O)[C@@H]1CC[C@H](S(=O)Cl)C1. The fourth-order valence-corrected chi connectivity index (χ4v) is 2.68. The van der Waals surface area contributed by atoms with Crippen LogP contribution in [0, 0.1) is 5.92 Å². The first-order valence-electron chi connectivity index (χ1n) is 3.79. The van der Waals surface area contributed by atoms with Gasteiger partial charge in [0.25, 0.3) is 0 Å². The minimum Gasteiger partial charge on any atom is -0.469 e. The Bertz CT molecular complexity index is 207. The van der Waals surface area contributed by atoms with Crippen LogP contribution in [-0.2, 0) is 19.5 Å². The van der Waals surface area contributed by atoms with E-state index in [0.717, 1.165) is 12.8 Å². The van der Waals surface area contributed by atoms with Crippen LogP contribution in [0.1, 0.15) is 19.3 Å². The van der Waals surface area contributed by atoms with E-state index < -0.39 is 10.0 Å². The molecule has 0 N–H and O–H groups in total. The third-order valence-corrected chi connectivity index (χ3v) is 3.89. The average molecular weight is 211 g/mol. The van der Waals surface area contributed by atoms with Crippen molar-refractivity contribution in [3.63, 3.8) is 0 Å². The number of hydrogen-bond donors (Lipinski definition) is 0. The maximum atomic E-state index is 11.0. The quantitative estimate of drug-likeness (QED) is 0.509. The van der Waals surface area contributed by atoms with E-state index in [-0.39, 0.29) is 17.1 Å². The first-order chi connectivity index (χ1) is 5.65. The monoisotopic (exact) mass is 210 g/mol. The van der Waals surface area contributed by atoms with Gasteiger partial charge < -0.3 is 4.74 Å². The van der Waals surface area contributed by atoms with Gasteiger partial charge in [-0.05, 0) is 29.9 Å². The zero-order chi connectivity index (χ0) is 9.14. The number of carbonyl (C=O) groups is 1. The van der Waals surface area contributed by atoms with Crippen molar-refractivity contribution in [1.29, 1.82) is 0 Å². The Balaban J connectivity index is 2.45. The Hall–Kier alpha value is -0.0900. The molecule has 0 aromatic heterocycles. The molecule has 0 amide bonds. The number of halogens is 1. The van der Waals surface area contributed by atoms with Gasteiger partial charge in [0, 0.05) is 0 Å². The van der Waals surface area contributed by atoms with Gasteiger partial charge in [-0.2, -0.15) is 0 Å². The van der Waals surface area contributed by atoms with E-state index in [1.165, 1.54) is 7.11 Å². The second kappa shape index (κ2) is 4.23.